The summed E-state index contributed by atoms with van der Waals surface area (Å²) >= 11 is 0. The van der Waals surface area contributed by atoms with Gasteiger partial charge in [-0.3, -0.25) is 15.1 Å². The molecular weight excluding hydrogens is 493 g/mol. The van der Waals surface area contributed by atoms with Crippen LogP contribution >= 0.6 is 0 Å². The molecule has 0 fully saturated rings. The van der Waals surface area contributed by atoms with Gasteiger partial charge in [0.1, 0.15) is 11.9 Å². The van der Waals surface area contributed by atoms with Gasteiger partial charge in [0.15, 0.2) is 0 Å². The number of pyridine rings is 3. The third-order valence-corrected chi connectivity index (χ3v) is 4.81. The van der Waals surface area contributed by atoms with E-state index in [1.54, 1.807) is 24.3 Å². The standard InChI is InChI=1S/C22H14F5N5.Cu/c1-21(2,15-6-3-5-14(28-15)13-9-10-18(23)30-20(13)24)16-7-4-8-19(29-16)32-12-11-17(31-32)22(25,26)27;/h3-8,10-11H,1-2H3;/q-2;+2. The number of halogens is 5. The van der Waals surface area contributed by atoms with Crippen LogP contribution in [-0.4, -0.2) is 24.7 Å². The molecule has 11 heteroatoms. The molecule has 0 saturated heterocycles. The van der Waals surface area contributed by atoms with Crippen molar-refractivity contribution in [3.8, 4) is 17.1 Å². The number of rotatable bonds is 4. The molecule has 4 aromatic rings. The predicted molar refractivity (Wildman–Crippen MR) is 104 cm³/mol. The van der Waals surface area contributed by atoms with E-state index < -0.39 is 29.2 Å². The van der Waals surface area contributed by atoms with E-state index in [4.69, 9.17) is 0 Å². The molecule has 5 nitrogen and oxygen atoms in total. The van der Waals surface area contributed by atoms with Crippen molar-refractivity contribution in [2.75, 3.05) is 0 Å². The Hall–Kier alpha value is -3.17. The van der Waals surface area contributed by atoms with Crippen LogP contribution in [0, 0.1) is 24.2 Å². The van der Waals surface area contributed by atoms with Gasteiger partial charge in [0.2, 0.25) is 0 Å². The van der Waals surface area contributed by atoms with Crippen molar-refractivity contribution in [3.05, 3.63) is 89.8 Å². The van der Waals surface area contributed by atoms with Gasteiger partial charge >= 0.3 is 23.2 Å². The topological polar surface area (TPSA) is 56.5 Å². The van der Waals surface area contributed by atoms with Crippen molar-refractivity contribution in [2.24, 2.45) is 0 Å². The largest absolute Gasteiger partial charge is 2.00 e. The Bertz CT molecular complexity index is 1290. The summed E-state index contributed by atoms with van der Waals surface area (Å²) in [5, 5.41) is 3.49. The Morgan fingerprint density at radius 2 is 1.52 bits per heavy atom. The van der Waals surface area contributed by atoms with Gasteiger partial charge < -0.3 is 9.67 Å². The quantitative estimate of drug-likeness (QED) is 0.170. The van der Waals surface area contributed by atoms with Gasteiger partial charge in [-0.1, -0.05) is 42.1 Å². The van der Waals surface area contributed by atoms with Crippen LogP contribution in [0.25, 0.3) is 17.1 Å². The van der Waals surface area contributed by atoms with Crippen LogP contribution in [0.5, 0.6) is 0 Å². The number of alkyl halides is 3. The van der Waals surface area contributed by atoms with E-state index in [1.165, 1.54) is 12.1 Å². The minimum Gasteiger partial charge on any atom is -0.343 e. The normalized spacial score (nSPS) is 11.8. The summed E-state index contributed by atoms with van der Waals surface area (Å²) in [6.45, 7) is 3.62. The van der Waals surface area contributed by atoms with E-state index in [0.29, 0.717) is 11.4 Å². The second-order valence-corrected chi connectivity index (χ2v) is 7.37. The molecule has 4 heterocycles. The molecule has 0 aromatic carbocycles. The number of hydrogen-bond acceptors (Lipinski definition) is 4. The molecule has 0 N–H and O–H groups in total. The molecule has 0 aliphatic heterocycles. The van der Waals surface area contributed by atoms with Crippen molar-refractivity contribution >= 4 is 0 Å². The average molecular weight is 507 g/mol. The van der Waals surface area contributed by atoms with Crippen LogP contribution in [0.15, 0.2) is 48.5 Å². The summed E-state index contributed by atoms with van der Waals surface area (Å²) in [7, 11) is 0. The molecular formula is C22H14CuF5N5. The first-order valence-corrected chi connectivity index (χ1v) is 9.30. The van der Waals surface area contributed by atoms with Crippen molar-refractivity contribution in [1.29, 1.82) is 0 Å². The van der Waals surface area contributed by atoms with Gasteiger partial charge in [-0.25, -0.2) is 8.78 Å². The molecule has 4 rings (SSSR count). The summed E-state index contributed by atoms with van der Waals surface area (Å²) in [6, 6.07) is 13.9. The van der Waals surface area contributed by atoms with Gasteiger partial charge in [-0.05, 0) is 31.7 Å². The van der Waals surface area contributed by atoms with E-state index >= 15 is 0 Å². The van der Waals surface area contributed by atoms with E-state index in [2.05, 4.69) is 32.3 Å². The third-order valence-electron chi connectivity index (χ3n) is 4.81. The van der Waals surface area contributed by atoms with Crippen LogP contribution in [0.3, 0.4) is 0 Å². The van der Waals surface area contributed by atoms with E-state index in [0.717, 1.165) is 16.8 Å². The van der Waals surface area contributed by atoms with Crippen LogP contribution in [0.4, 0.5) is 22.0 Å². The zero-order valence-electron chi connectivity index (χ0n) is 17.0. The Kier molecular flexibility index (Phi) is 6.67. The van der Waals surface area contributed by atoms with Gasteiger partial charge in [0.05, 0.1) is 11.5 Å². The smallest absolute Gasteiger partial charge is 0.343 e. The minimum absolute atomic E-state index is 0. The van der Waals surface area contributed by atoms with Crippen molar-refractivity contribution in [1.82, 2.24) is 24.7 Å². The third kappa shape index (κ3) is 4.94. The first-order valence-electron chi connectivity index (χ1n) is 9.30. The van der Waals surface area contributed by atoms with Gasteiger partial charge in [-0.15, -0.1) is 12.1 Å². The van der Waals surface area contributed by atoms with E-state index in [9.17, 15) is 22.0 Å². The maximum Gasteiger partial charge on any atom is 2.00 e. The van der Waals surface area contributed by atoms with Gasteiger partial charge in [-0.2, -0.15) is 13.2 Å². The number of aromatic nitrogens is 5. The first kappa shape index (κ1) is 24.5. The first-order chi connectivity index (χ1) is 15.1. The number of hydrogen-bond donors (Lipinski definition) is 0. The summed E-state index contributed by atoms with van der Waals surface area (Å²) in [6.07, 6.45) is -2.18. The average Bonchev–Trinajstić information content (AvgIpc) is 3.25. The molecule has 0 aliphatic rings. The molecule has 0 bridgehead atoms. The van der Waals surface area contributed by atoms with Crippen LogP contribution in [-0.2, 0) is 28.7 Å². The fourth-order valence-corrected chi connectivity index (χ4v) is 3.04. The van der Waals surface area contributed by atoms with Crippen LogP contribution < -0.4 is 0 Å². The van der Waals surface area contributed by atoms with Crippen molar-refractivity contribution < 1.29 is 39.0 Å². The molecule has 0 atom stereocenters. The van der Waals surface area contributed by atoms with Crippen molar-refractivity contribution in [3.63, 3.8) is 0 Å². The molecule has 0 aliphatic carbocycles. The molecule has 33 heavy (non-hydrogen) atoms. The monoisotopic (exact) mass is 506 g/mol. The van der Waals surface area contributed by atoms with Crippen LogP contribution in [0.1, 0.15) is 30.9 Å². The number of nitrogens with zero attached hydrogens (tertiary/aromatic N) is 5. The second kappa shape index (κ2) is 8.99. The van der Waals surface area contributed by atoms with E-state index in [-0.39, 0.29) is 34.1 Å². The molecule has 0 unspecified atom stereocenters. The Balaban J connectivity index is 0.00000306. The second-order valence-electron chi connectivity index (χ2n) is 7.37. The van der Waals surface area contributed by atoms with Gasteiger partial charge in [0.25, 0.3) is 0 Å². The molecule has 0 saturated carbocycles. The molecule has 0 amide bonds. The predicted octanol–water partition coefficient (Wildman–Crippen LogP) is 4.95. The molecule has 173 valence electrons. The van der Waals surface area contributed by atoms with Crippen LogP contribution in [0.2, 0.25) is 0 Å². The fourth-order valence-electron chi connectivity index (χ4n) is 3.04. The molecule has 4 aromatic heterocycles. The fraction of sp³-hybridized carbons (Fsp3) is 0.182. The maximum atomic E-state index is 14.1. The Labute approximate surface area is 196 Å². The molecule has 0 spiro atoms. The van der Waals surface area contributed by atoms with Crippen molar-refractivity contribution in [2.45, 2.75) is 25.4 Å². The summed E-state index contributed by atoms with van der Waals surface area (Å²) in [4.78, 5) is 12.1. The summed E-state index contributed by atoms with van der Waals surface area (Å²) in [5.41, 5.74) is -0.806. The Morgan fingerprint density at radius 1 is 0.848 bits per heavy atom. The minimum atomic E-state index is -4.59. The Morgan fingerprint density at radius 3 is 2.15 bits per heavy atom. The summed E-state index contributed by atoms with van der Waals surface area (Å²) in [5.74, 6) is -1.89. The van der Waals surface area contributed by atoms with E-state index in [1.807, 2.05) is 13.8 Å². The summed E-state index contributed by atoms with van der Waals surface area (Å²) < 4.78 is 66.7. The SMILES string of the molecule is CC(C)(c1cccc(-c2[c-]cc(F)nc2F)n1)c1cccc(-n2[c-]cc(C(F)(F)F)n2)n1.[Cu+2]. The van der Waals surface area contributed by atoms with Gasteiger partial charge in [0, 0.05) is 16.8 Å². The maximum absolute atomic E-state index is 14.1. The zero-order chi connectivity index (χ0) is 23.1. The zero-order valence-corrected chi connectivity index (χ0v) is 18.0. The molecule has 1 radical (unpaired) electrons.